The van der Waals surface area contributed by atoms with Gasteiger partial charge >= 0.3 is 10.2 Å². The average Bonchev–Trinajstić information content (AvgIpc) is 1.65. The van der Waals surface area contributed by atoms with Gasteiger partial charge in [-0.25, -0.2) is 0 Å². The van der Waals surface area contributed by atoms with E-state index in [2.05, 4.69) is 15.8 Å². The van der Waals surface area contributed by atoms with Crippen LogP contribution in [0.1, 0.15) is 0 Å². The third-order valence-corrected chi connectivity index (χ3v) is 0.219. The van der Waals surface area contributed by atoms with E-state index in [1.165, 1.54) is 0 Å². The molecule has 0 fully saturated rings. The highest BCUT2D eigenvalue weighted by Gasteiger charge is 2.15. The Balaban J connectivity index is 3.40. The fraction of sp³-hybridized carbons (Fsp3) is 0. The largest absolute Gasteiger partial charge is 0.495 e. The van der Waals surface area contributed by atoms with E-state index in [0.29, 0.717) is 0 Å². The van der Waals surface area contributed by atoms with Gasteiger partial charge in [0.15, 0.2) is 0 Å². The second kappa shape index (κ2) is 2.69. The molecule has 0 saturated carbocycles. The second-order valence-electron chi connectivity index (χ2n) is 0.634. The zero-order chi connectivity index (χ0) is 6.57. The number of nitrogens with zero attached hydrogens (tertiary/aromatic N) is 2. The molecule has 0 saturated heterocycles. The van der Waals surface area contributed by atoms with Gasteiger partial charge in [0.2, 0.25) is 0 Å². The molecule has 46 valence electrons. The first-order valence-corrected chi connectivity index (χ1v) is 1.33. The second-order valence-corrected chi connectivity index (χ2v) is 0.634. The first kappa shape index (κ1) is 6.56. The van der Waals surface area contributed by atoms with E-state index in [4.69, 9.17) is 0 Å². The summed E-state index contributed by atoms with van der Waals surface area (Å²) in [4.78, 5) is 24.9. The Morgan fingerprint density at radius 3 is 2.12 bits per heavy atom. The van der Waals surface area contributed by atoms with E-state index in [9.17, 15) is 15.0 Å². The van der Waals surface area contributed by atoms with Crippen LogP contribution in [0.4, 0.5) is 0 Å². The Morgan fingerprint density at radius 1 is 1.50 bits per heavy atom. The molecule has 0 radical (unpaired) electrons. The summed E-state index contributed by atoms with van der Waals surface area (Å²) in [7, 11) is 0. The molecule has 8 heavy (non-hydrogen) atoms. The molecular weight excluding hydrogens is 122 g/mol. The van der Waals surface area contributed by atoms with Gasteiger partial charge in [-0.2, -0.15) is 0 Å². The Labute approximate surface area is 42.3 Å². The van der Waals surface area contributed by atoms with Crippen LogP contribution in [-0.2, 0) is 9.88 Å². The molecule has 0 spiro atoms. The lowest BCUT2D eigenvalue weighted by Gasteiger charge is -1.75. The number of rotatable bonds is 3. The van der Waals surface area contributed by atoms with Gasteiger partial charge in [0, 0.05) is 0 Å². The summed E-state index contributed by atoms with van der Waals surface area (Å²) in [6.07, 6.45) is 0. The predicted molar refractivity (Wildman–Crippen MR) is 17.0 cm³/mol. The van der Waals surface area contributed by atoms with E-state index in [1.54, 1.807) is 0 Å². The Hall–Kier alpha value is -1.44. The van der Waals surface area contributed by atoms with Crippen molar-refractivity contribution in [2.24, 2.45) is 5.90 Å². The summed E-state index contributed by atoms with van der Waals surface area (Å²) in [5.74, 6) is 4.10. The minimum atomic E-state index is -1.36. The van der Waals surface area contributed by atoms with Crippen molar-refractivity contribution in [3.63, 3.8) is 0 Å². The lowest BCUT2D eigenvalue weighted by Crippen LogP contribution is -2.17. The highest BCUT2D eigenvalue weighted by atomic mass is 17.2. The zero-order valence-corrected chi connectivity index (χ0v) is 3.51. The highest BCUT2D eigenvalue weighted by molar-refractivity contribution is 3.85. The lowest BCUT2D eigenvalue weighted by molar-refractivity contribution is -1.14. The van der Waals surface area contributed by atoms with E-state index in [-0.39, 0.29) is 0 Å². The molecule has 0 heterocycles. The normalized spacial score (nSPS) is 7.62. The van der Waals surface area contributed by atoms with Crippen LogP contribution in [-0.4, -0.2) is 10.2 Å². The van der Waals surface area contributed by atoms with Crippen LogP contribution in [0.5, 0.6) is 0 Å². The molecule has 0 amide bonds. The van der Waals surface area contributed by atoms with Gasteiger partial charge in [-0.1, -0.05) is 10.8 Å². The minimum absolute atomic E-state index is 0.847. The maximum absolute atomic E-state index is 9.53. The molecule has 0 aliphatic heterocycles. The molecule has 0 aromatic carbocycles. The van der Waals surface area contributed by atoms with Gasteiger partial charge in [-0.15, -0.1) is 10.1 Å². The SMILES string of the molecule is NO[N+](=O)O[N+](=O)[O-]. The number of hydrogen-bond acceptors (Lipinski definition) is 6. The summed E-state index contributed by atoms with van der Waals surface area (Å²) >= 11 is 0. The van der Waals surface area contributed by atoms with Crippen LogP contribution in [0.2, 0.25) is 0 Å². The first-order chi connectivity index (χ1) is 3.66. The average molecular weight is 124 g/mol. The standard InChI is InChI=1S/H2N3O5/c1-7-3(6)8-2(4)5/h1H2/q+1. The number of hydrogen-bond donors (Lipinski definition) is 1. The fourth-order valence-corrected chi connectivity index (χ4v) is 0.0737. The number of nitrogens with two attached hydrogens (primary N) is 1. The van der Waals surface area contributed by atoms with Gasteiger partial charge in [0.05, 0.1) is 4.94 Å². The van der Waals surface area contributed by atoms with Crippen molar-refractivity contribution in [1.29, 1.82) is 0 Å². The van der Waals surface area contributed by atoms with Crippen molar-refractivity contribution in [3.05, 3.63) is 15.0 Å². The topological polar surface area (TPSA) is 108 Å². The van der Waals surface area contributed by atoms with Gasteiger partial charge < -0.3 is 0 Å². The molecule has 2 N–H and O–H groups in total. The molecule has 0 aliphatic rings. The monoisotopic (exact) mass is 124 g/mol. The van der Waals surface area contributed by atoms with Crippen LogP contribution < -0.4 is 5.90 Å². The molecular formula is H2N3O5+. The summed E-state index contributed by atoms with van der Waals surface area (Å²) in [6, 6.07) is 0. The minimum Gasteiger partial charge on any atom is -0.105 e. The Morgan fingerprint density at radius 2 is 2.00 bits per heavy atom. The maximum Gasteiger partial charge on any atom is 0.495 e. The molecule has 0 aliphatic carbocycles. The van der Waals surface area contributed by atoms with Crippen LogP contribution in [0.15, 0.2) is 0 Å². The molecule has 0 aromatic heterocycles. The summed E-state index contributed by atoms with van der Waals surface area (Å²) in [5.41, 5.74) is 0. The third-order valence-electron chi connectivity index (χ3n) is 0.219. The van der Waals surface area contributed by atoms with Crippen LogP contribution in [0.25, 0.3) is 0 Å². The summed E-state index contributed by atoms with van der Waals surface area (Å²) in [6.45, 7) is 0. The Bertz CT molecular complexity index is 106. The van der Waals surface area contributed by atoms with Crippen LogP contribution in [0.3, 0.4) is 0 Å². The molecule has 8 nitrogen and oxygen atoms in total. The van der Waals surface area contributed by atoms with Crippen molar-refractivity contribution >= 4 is 0 Å². The van der Waals surface area contributed by atoms with E-state index >= 15 is 0 Å². The Kier molecular flexibility index (Phi) is 2.20. The van der Waals surface area contributed by atoms with Crippen molar-refractivity contribution in [2.75, 3.05) is 0 Å². The van der Waals surface area contributed by atoms with Crippen molar-refractivity contribution in [3.8, 4) is 0 Å². The van der Waals surface area contributed by atoms with Crippen molar-refractivity contribution in [1.82, 2.24) is 0 Å². The molecule has 0 aromatic rings. The third kappa shape index (κ3) is 2.78. The van der Waals surface area contributed by atoms with E-state index in [0.717, 1.165) is 0 Å². The fourth-order valence-electron chi connectivity index (χ4n) is 0.0737. The van der Waals surface area contributed by atoms with Gasteiger partial charge in [0.1, 0.15) is 4.91 Å². The maximum atomic E-state index is 9.53. The smallest absolute Gasteiger partial charge is 0.105 e. The van der Waals surface area contributed by atoms with E-state index in [1.807, 2.05) is 0 Å². The van der Waals surface area contributed by atoms with Crippen molar-refractivity contribution < 1.29 is 20.0 Å². The molecule has 0 bridgehead atoms. The first-order valence-electron chi connectivity index (χ1n) is 1.33. The highest BCUT2D eigenvalue weighted by Crippen LogP contribution is 1.73. The quantitative estimate of drug-likeness (QED) is 0.369. The van der Waals surface area contributed by atoms with Crippen LogP contribution >= 0.6 is 0 Å². The van der Waals surface area contributed by atoms with E-state index < -0.39 is 10.2 Å². The lowest BCUT2D eigenvalue weighted by atomic mass is 12.8. The van der Waals surface area contributed by atoms with Gasteiger partial charge in [-0.3, -0.25) is 0 Å². The van der Waals surface area contributed by atoms with Crippen molar-refractivity contribution in [2.45, 2.75) is 0 Å². The molecule has 0 unspecified atom stereocenters. The summed E-state index contributed by atoms with van der Waals surface area (Å²) in [5, 5.41) is 6.97. The van der Waals surface area contributed by atoms with Crippen LogP contribution in [0, 0.1) is 15.0 Å². The summed E-state index contributed by atoms with van der Waals surface area (Å²) < 4.78 is 0. The predicted octanol–water partition coefficient (Wildman–Crippen LogP) is -1.31. The zero-order valence-electron chi connectivity index (χ0n) is 3.51. The molecule has 8 heteroatoms. The van der Waals surface area contributed by atoms with Gasteiger partial charge in [0.25, 0.3) is 0 Å². The molecule has 0 rings (SSSR count). The molecule has 0 atom stereocenters. The van der Waals surface area contributed by atoms with Gasteiger partial charge in [-0.05, 0) is 0 Å².